The smallest absolute Gasteiger partial charge is 0.113 e. The summed E-state index contributed by atoms with van der Waals surface area (Å²) in [5.74, 6) is 1.47. The predicted octanol–water partition coefficient (Wildman–Crippen LogP) is 3.63. The largest absolute Gasteiger partial charge is 0.319 e. The highest BCUT2D eigenvalue weighted by molar-refractivity contribution is 7.11. The van der Waals surface area contributed by atoms with Gasteiger partial charge in [-0.05, 0) is 56.8 Å². The van der Waals surface area contributed by atoms with Crippen molar-refractivity contribution in [2.24, 2.45) is 17.6 Å². The van der Waals surface area contributed by atoms with Gasteiger partial charge in [-0.15, -0.1) is 11.3 Å². The van der Waals surface area contributed by atoms with E-state index in [1.807, 2.05) is 11.3 Å². The molecule has 1 saturated carbocycles. The molecule has 1 aromatic rings. The van der Waals surface area contributed by atoms with Crippen LogP contribution in [0.4, 0.5) is 0 Å². The number of hydrogen-bond acceptors (Lipinski definition) is 3. The average molecular weight is 264 g/mol. The summed E-state index contributed by atoms with van der Waals surface area (Å²) in [7, 11) is 0. The van der Waals surface area contributed by atoms with E-state index in [2.05, 4.69) is 13.8 Å². The molecule has 0 saturated heterocycles. The van der Waals surface area contributed by atoms with Crippen molar-refractivity contribution in [3.8, 4) is 0 Å². The lowest BCUT2D eigenvalue weighted by atomic mass is 9.72. The highest BCUT2D eigenvalue weighted by atomic mass is 32.1. The summed E-state index contributed by atoms with van der Waals surface area (Å²) < 4.78 is 0. The van der Waals surface area contributed by atoms with Crippen LogP contribution in [-0.2, 0) is 18.4 Å². The zero-order valence-corrected chi connectivity index (χ0v) is 12.4. The Hall–Kier alpha value is -0.410. The van der Waals surface area contributed by atoms with E-state index in [4.69, 9.17) is 10.7 Å². The molecule has 3 rings (SSSR count). The molecule has 1 heterocycles. The van der Waals surface area contributed by atoms with Gasteiger partial charge in [0.05, 0.1) is 11.2 Å². The maximum Gasteiger partial charge on any atom is 0.113 e. The maximum absolute atomic E-state index is 6.72. The van der Waals surface area contributed by atoms with Gasteiger partial charge in [-0.1, -0.05) is 13.8 Å². The Labute approximate surface area is 114 Å². The normalized spacial score (nSPS) is 36.4. The molecule has 1 fully saturated rings. The quantitative estimate of drug-likeness (QED) is 0.841. The van der Waals surface area contributed by atoms with E-state index in [1.165, 1.54) is 47.7 Å². The van der Waals surface area contributed by atoms with E-state index < -0.39 is 0 Å². The highest BCUT2D eigenvalue weighted by Crippen LogP contribution is 2.43. The Morgan fingerprint density at radius 1 is 1.17 bits per heavy atom. The van der Waals surface area contributed by atoms with Crippen molar-refractivity contribution in [3.63, 3.8) is 0 Å². The first-order valence-corrected chi connectivity index (χ1v) is 8.16. The average Bonchev–Trinajstić information content (AvgIpc) is 2.71. The minimum Gasteiger partial charge on any atom is -0.319 e. The van der Waals surface area contributed by atoms with E-state index in [-0.39, 0.29) is 5.54 Å². The standard InChI is InChI=1S/C15H24N2S/c1-10-7-11(2)9-15(16,8-10)14-17-12-5-3-4-6-13(12)18-14/h10-11H,3-9,16H2,1-2H3. The summed E-state index contributed by atoms with van der Waals surface area (Å²) >= 11 is 1.91. The van der Waals surface area contributed by atoms with Crippen molar-refractivity contribution in [3.05, 3.63) is 15.6 Å². The van der Waals surface area contributed by atoms with Gasteiger partial charge in [0.1, 0.15) is 5.01 Å². The van der Waals surface area contributed by atoms with Crippen LogP contribution in [-0.4, -0.2) is 4.98 Å². The molecule has 2 N–H and O–H groups in total. The SMILES string of the molecule is CC1CC(C)CC(N)(c2nc3c(s2)CCCC3)C1. The van der Waals surface area contributed by atoms with Crippen LogP contribution in [0.1, 0.15) is 61.5 Å². The number of aromatic nitrogens is 1. The third-order valence-corrected chi connectivity index (χ3v) is 5.88. The number of nitrogens with zero attached hydrogens (tertiary/aromatic N) is 1. The van der Waals surface area contributed by atoms with Crippen LogP contribution in [0.2, 0.25) is 0 Å². The number of fused-ring (bicyclic) bond motifs is 1. The molecule has 2 unspecified atom stereocenters. The third-order valence-electron chi connectivity index (χ3n) is 4.50. The fraction of sp³-hybridized carbons (Fsp3) is 0.800. The summed E-state index contributed by atoms with van der Waals surface area (Å²) in [6.45, 7) is 4.68. The van der Waals surface area contributed by atoms with Crippen LogP contribution in [0, 0.1) is 11.8 Å². The second-order valence-corrected chi connectivity index (χ2v) is 7.69. The number of rotatable bonds is 1. The van der Waals surface area contributed by atoms with Gasteiger partial charge in [-0.25, -0.2) is 4.98 Å². The summed E-state index contributed by atoms with van der Waals surface area (Å²) in [6.07, 6.45) is 8.60. The van der Waals surface area contributed by atoms with E-state index >= 15 is 0 Å². The van der Waals surface area contributed by atoms with Crippen molar-refractivity contribution in [1.82, 2.24) is 4.98 Å². The molecule has 2 aliphatic rings. The van der Waals surface area contributed by atoms with Crippen LogP contribution in [0.25, 0.3) is 0 Å². The zero-order chi connectivity index (χ0) is 12.8. The predicted molar refractivity (Wildman–Crippen MR) is 76.8 cm³/mol. The van der Waals surface area contributed by atoms with E-state index in [0.29, 0.717) is 0 Å². The van der Waals surface area contributed by atoms with Gasteiger partial charge in [-0.2, -0.15) is 0 Å². The Morgan fingerprint density at radius 2 is 1.83 bits per heavy atom. The molecule has 3 heteroatoms. The van der Waals surface area contributed by atoms with Crippen LogP contribution < -0.4 is 5.73 Å². The van der Waals surface area contributed by atoms with Gasteiger partial charge in [0, 0.05) is 4.88 Å². The number of nitrogens with two attached hydrogens (primary N) is 1. The van der Waals surface area contributed by atoms with Gasteiger partial charge in [-0.3, -0.25) is 0 Å². The second-order valence-electron chi connectivity index (χ2n) is 6.61. The van der Waals surface area contributed by atoms with Gasteiger partial charge < -0.3 is 5.73 Å². The van der Waals surface area contributed by atoms with Gasteiger partial charge in [0.15, 0.2) is 0 Å². The Morgan fingerprint density at radius 3 is 2.50 bits per heavy atom. The van der Waals surface area contributed by atoms with Crippen molar-refractivity contribution >= 4 is 11.3 Å². The van der Waals surface area contributed by atoms with Gasteiger partial charge >= 0.3 is 0 Å². The molecule has 0 radical (unpaired) electrons. The highest BCUT2D eigenvalue weighted by Gasteiger charge is 2.39. The van der Waals surface area contributed by atoms with E-state index in [9.17, 15) is 0 Å². The minimum absolute atomic E-state index is 0.140. The lowest BCUT2D eigenvalue weighted by Crippen LogP contribution is -2.43. The molecule has 2 aliphatic carbocycles. The van der Waals surface area contributed by atoms with Crippen LogP contribution >= 0.6 is 11.3 Å². The first kappa shape index (κ1) is 12.6. The molecule has 2 atom stereocenters. The minimum atomic E-state index is -0.140. The molecule has 1 aromatic heterocycles. The van der Waals surface area contributed by atoms with Gasteiger partial charge in [0.25, 0.3) is 0 Å². The molecule has 100 valence electrons. The zero-order valence-electron chi connectivity index (χ0n) is 11.5. The lowest BCUT2D eigenvalue weighted by molar-refractivity contribution is 0.183. The molecule has 0 spiro atoms. The molecule has 2 nitrogen and oxygen atoms in total. The maximum atomic E-state index is 6.72. The number of thiazole rings is 1. The third kappa shape index (κ3) is 2.23. The number of hydrogen-bond donors (Lipinski definition) is 1. The molecule has 0 bridgehead atoms. The molecule has 0 amide bonds. The van der Waals surface area contributed by atoms with Crippen LogP contribution in [0.5, 0.6) is 0 Å². The first-order valence-electron chi connectivity index (χ1n) is 7.35. The number of aryl methyl sites for hydroxylation is 2. The fourth-order valence-electron chi connectivity index (χ4n) is 3.92. The molecular formula is C15H24N2S. The molecular weight excluding hydrogens is 240 g/mol. The lowest BCUT2D eigenvalue weighted by Gasteiger charge is -2.38. The molecule has 0 aliphatic heterocycles. The van der Waals surface area contributed by atoms with Crippen molar-refractivity contribution in [2.45, 2.75) is 64.3 Å². The Kier molecular flexibility index (Phi) is 3.23. The summed E-state index contributed by atoms with van der Waals surface area (Å²) in [5, 5.41) is 1.23. The summed E-state index contributed by atoms with van der Waals surface area (Å²) in [4.78, 5) is 6.43. The van der Waals surface area contributed by atoms with Crippen molar-refractivity contribution in [2.75, 3.05) is 0 Å². The van der Waals surface area contributed by atoms with E-state index in [0.717, 1.165) is 24.7 Å². The Balaban J connectivity index is 1.90. The van der Waals surface area contributed by atoms with E-state index in [1.54, 1.807) is 0 Å². The van der Waals surface area contributed by atoms with Gasteiger partial charge in [0.2, 0.25) is 0 Å². The first-order chi connectivity index (χ1) is 8.57. The Bertz CT molecular complexity index is 404. The fourth-order valence-corrected chi connectivity index (χ4v) is 5.19. The van der Waals surface area contributed by atoms with Crippen molar-refractivity contribution in [1.29, 1.82) is 0 Å². The van der Waals surface area contributed by atoms with Crippen LogP contribution in [0.3, 0.4) is 0 Å². The summed E-state index contributed by atoms with van der Waals surface area (Å²) in [5.41, 5.74) is 7.94. The molecule has 18 heavy (non-hydrogen) atoms. The van der Waals surface area contributed by atoms with Crippen molar-refractivity contribution < 1.29 is 0 Å². The second kappa shape index (κ2) is 4.61. The monoisotopic (exact) mass is 264 g/mol. The topological polar surface area (TPSA) is 38.9 Å². The van der Waals surface area contributed by atoms with Crippen LogP contribution in [0.15, 0.2) is 0 Å². The summed E-state index contributed by atoms with van der Waals surface area (Å²) in [6, 6.07) is 0. The molecule has 0 aromatic carbocycles.